The van der Waals surface area contributed by atoms with Crippen LogP contribution >= 0.6 is 0 Å². The number of nitrogens with zero attached hydrogens (tertiary/aromatic N) is 3. The standard InChI is InChI=1S/C18H28N4O3/c1-20(2)18(24)14-21(3)9-8-17(23)19-15-4-6-16(7-5-15)22-10-12-25-13-11-22/h4-7H,8-14H2,1-3H3,(H,19,23). The summed E-state index contributed by atoms with van der Waals surface area (Å²) in [5, 5.41) is 2.90. The summed E-state index contributed by atoms with van der Waals surface area (Å²) in [7, 11) is 5.29. The summed E-state index contributed by atoms with van der Waals surface area (Å²) in [4.78, 5) is 29.4. The monoisotopic (exact) mass is 348 g/mol. The minimum Gasteiger partial charge on any atom is -0.378 e. The third-order valence-corrected chi connectivity index (χ3v) is 4.15. The van der Waals surface area contributed by atoms with E-state index in [1.54, 1.807) is 19.0 Å². The van der Waals surface area contributed by atoms with Gasteiger partial charge in [-0.05, 0) is 31.3 Å². The van der Waals surface area contributed by atoms with Gasteiger partial charge in [-0.3, -0.25) is 14.5 Å². The zero-order chi connectivity index (χ0) is 18.2. The molecule has 1 aliphatic heterocycles. The molecule has 2 amide bonds. The lowest BCUT2D eigenvalue weighted by Gasteiger charge is -2.28. The van der Waals surface area contributed by atoms with E-state index < -0.39 is 0 Å². The smallest absolute Gasteiger partial charge is 0.236 e. The summed E-state index contributed by atoms with van der Waals surface area (Å²) in [6, 6.07) is 7.87. The topological polar surface area (TPSA) is 65.1 Å². The molecule has 0 aliphatic carbocycles. The maximum atomic E-state index is 12.1. The number of benzene rings is 1. The van der Waals surface area contributed by atoms with Crippen LogP contribution in [0, 0.1) is 0 Å². The maximum absolute atomic E-state index is 12.1. The van der Waals surface area contributed by atoms with Crippen LogP contribution in [0.15, 0.2) is 24.3 Å². The molecular weight excluding hydrogens is 320 g/mol. The lowest BCUT2D eigenvalue weighted by atomic mass is 10.2. The maximum Gasteiger partial charge on any atom is 0.236 e. The van der Waals surface area contributed by atoms with Gasteiger partial charge in [0.1, 0.15) is 0 Å². The van der Waals surface area contributed by atoms with E-state index in [9.17, 15) is 9.59 Å². The first-order valence-electron chi connectivity index (χ1n) is 8.57. The van der Waals surface area contributed by atoms with Crippen molar-refractivity contribution in [3.8, 4) is 0 Å². The van der Waals surface area contributed by atoms with Crippen molar-refractivity contribution >= 4 is 23.2 Å². The van der Waals surface area contributed by atoms with Crippen LogP contribution in [0.2, 0.25) is 0 Å². The van der Waals surface area contributed by atoms with Crippen LogP contribution in [0.3, 0.4) is 0 Å². The van der Waals surface area contributed by atoms with E-state index >= 15 is 0 Å². The zero-order valence-electron chi connectivity index (χ0n) is 15.3. The molecule has 0 radical (unpaired) electrons. The molecule has 25 heavy (non-hydrogen) atoms. The van der Waals surface area contributed by atoms with Crippen LogP contribution in [0.1, 0.15) is 6.42 Å². The van der Waals surface area contributed by atoms with Gasteiger partial charge in [0.05, 0.1) is 19.8 Å². The van der Waals surface area contributed by atoms with E-state index in [1.807, 2.05) is 36.2 Å². The molecule has 0 aromatic heterocycles. The highest BCUT2D eigenvalue weighted by molar-refractivity contribution is 5.91. The van der Waals surface area contributed by atoms with Gasteiger partial charge >= 0.3 is 0 Å². The van der Waals surface area contributed by atoms with E-state index in [0.717, 1.165) is 37.7 Å². The Morgan fingerprint density at radius 2 is 1.76 bits per heavy atom. The van der Waals surface area contributed by atoms with Gasteiger partial charge in [0.2, 0.25) is 11.8 Å². The van der Waals surface area contributed by atoms with Gasteiger partial charge in [-0.15, -0.1) is 0 Å². The lowest BCUT2D eigenvalue weighted by molar-refractivity contribution is -0.130. The van der Waals surface area contributed by atoms with Crippen molar-refractivity contribution < 1.29 is 14.3 Å². The van der Waals surface area contributed by atoms with Crippen LogP contribution in [0.25, 0.3) is 0 Å². The third kappa shape index (κ3) is 6.36. The Balaban J connectivity index is 1.75. The molecule has 7 heteroatoms. The van der Waals surface area contributed by atoms with E-state index in [1.165, 1.54) is 0 Å². The van der Waals surface area contributed by atoms with Gasteiger partial charge in [0, 0.05) is 51.5 Å². The number of morpholine rings is 1. The van der Waals surface area contributed by atoms with E-state index in [4.69, 9.17) is 4.74 Å². The Morgan fingerprint density at radius 1 is 1.12 bits per heavy atom. The lowest BCUT2D eigenvalue weighted by Crippen LogP contribution is -2.36. The van der Waals surface area contributed by atoms with Crippen molar-refractivity contribution in [2.75, 3.05) is 70.8 Å². The van der Waals surface area contributed by atoms with Crippen molar-refractivity contribution in [2.24, 2.45) is 0 Å². The molecule has 1 saturated heterocycles. The predicted molar refractivity (Wildman–Crippen MR) is 98.9 cm³/mol. The highest BCUT2D eigenvalue weighted by Crippen LogP contribution is 2.19. The Morgan fingerprint density at radius 3 is 2.36 bits per heavy atom. The molecule has 138 valence electrons. The number of likely N-dealkylation sites (N-methyl/N-ethyl adjacent to an activating group) is 2. The summed E-state index contributed by atoms with van der Waals surface area (Å²) in [5.41, 5.74) is 1.93. The molecule has 0 atom stereocenters. The molecule has 1 N–H and O–H groups in total. The van der Waals surface area contributed by atoms with E-state index in [0.29, 0.717) is 19.5 Å². The third-order valence-electron chi connectivity index (χ3n) is 4.15. The molecule has 1 fully saturated rings. The highest BCUT2D eigenvalue weighted by Gasteiger charge is 2.12. The summed E-state index contributed by atoms with van der Waals surface area (Å²) in [6.07, 6.45) is 0.350. The molecule has 1 heterocycles. The van der Waals surface area contributed by atoms with E-state index in [2.05, 4.69) is 10.2 Å². The molecule has 0 bridgehead atoms. The van der Waals surface area contributed by atoms with Crippen molar-refractivity contribution in [1.29, 1.82) is 0 Å². The van der Waals surface area contributed by atoms with Crippen molar-refractivity contribution in [3.63, 3.8) is 0 Å². The fourth-order valence-electron chi connectivity index (χ4n) is 2.54. The van der Waals surface area contributed by atoms with Gasteiger partial charge in [-0.25, -0.2) is 0 Å². The van der Waals surface area contributed by atoms with Crippen molar-refractivity contribution in [3.05, 3.63) is 24.3 Å². The average Bonchev–Trinajstić information content (AvgIpc) is 2.61. The first-order valence-corrected chi connectivity index (χ1v) is 8.57. The summed E-state index contributed by atoms with van der Waals surface area (Å²) < 4.78 is 5.35. The Hall–Kier alpha value is -2.12. The van der Waals surface area contributed by atoms with Crippen LogP contribution < -0.4 is 10.2 Å². The number of rotatable bonds is 7. The van der Waals surface area contributed by atoms with Crippen LogP contribution in [-0.4, -0.2) is 82.1 Å². The second-order valence-corrected chi connectivity index (χ2v) is 6.47. The molecule has 1 aromatic rings. The summed E-state index contributed by atoms with van der Waals surface area (Å²) in [5.74, 6) is -0.0233. The molecule has 2 rings (SSSR count). The quantitative estimate of drug-likeness (QED) is 0.792. The number of amides is 2. The van der Waals surface area contributed by atoms with Crippen molar-refractivity contribution in [1.82, 2.24) is 9.80 Å². The van der Waals surface area contributed by atoms with Gasteiger partial charge in [0.15, 0.2) is 0 Å². The fourth-order valence-corrected chi connectivity index (χ4v) is 2.54. The van der Waals surface area contributed by atoms with Gasteiger partial charge < -0.3 is 19.9 Å². The number of ether oxygens (including phenoxy) is 1. The Labute approximate surface area is 149 Å². The molecular formula is C18H28N4O3. The number of carbonyl (C=O) groups is 2. The van der Waals surface area contributed by atoms with Crippen LogP contribution in [-0.2, 0) is 14.3 Å². The minimum atomic E-state index is -0.0525. The van der Waals surface area contributed by atoms with Gasteiger partial charge in [-0.2, -0.15) is 0 Å². The average molecular weight is 348 g/mol. The molecule has 0 saturated carbocycles. The van der Waals surface area contributed by atoms with E-state index in [-0.39, 0.29) is 11.8 Å². The molecule has 0 spiro atoms. The fraction of sp³-hybridized carbons (Fsp3) is 0.556. The molecule has 0 unspecified atom stereocenters. The SMILES string of the molecule is CN(CCC(=O)Nc1ccc(N2CCOCC2)cc1)CC(=O)N(C)C. The van der Waals surface area contributed by atoms with Gasteiger partial charge in [-0.1, -0.05) is 0 Å². The minimum absolute atomic E-state index is 0.0293. The molecule has 1 aliphatic rings. The number of carbonyl (C=O) groups excluding carboxylic acids is 2. The number of hydrogen-bond acceptors (Lipinski definition) is 5. The van der Waals surface area contributed by atoms with Gasteiger partial charge in [0.25, 0.3) is 0 Å². The molecule has 1 aromatic carbocycles. The number of hydrogen-bond donors (Lipinski definition) is 1. The second kappa shape index (κ2) is 9.39. The zero-order valence-corrected chi connectivity index (χ0v) is 15.3. The highest BCUT2D eigenvalue weighted by atomic mass is 16.5. The van der Waals surface area contributed by atoms with Crippen LogP contribution in [0.4, 0.5) is 11.4 Å². The predicted octanol–water partition coefficient (Wildman–Crippen LogP) is 0.872. The second-order valence-electron chi connectivity index (χ2n) is 6.47. The first kappa shape index (κ1) is 19.2. The Kier molecular flexibility index (Phi) is 7.21. The Bertz CT molecular complexity index is 568. The van der Waals surface area contributed by atoms with Crippen LogP contribution in [0.5, 0.6) is 0 Å². The summed E-state index contributed by atoms with van der Waals surface area (Å²) >= 11 is 0. The summed E-state index contributed by atoms with van der Waals surface area (Å²) in [6.45, 7) is 4.14. The first-order chi connectivity index (χ1) is 12.0. The number of nitrogens with one attached hydrogen (secondary N) is 1. The number of anilines is 2. The van der Waals surface area contributed by atoms with Crippen molar-refractivity contribution in [2.45, 2.75) is 6.42 Å². The largest absolute Gasteiger partial charge is 0.378 e. The normalized spacial score (nSPS) is 14.5. The molecule has 7 nitrogen and oxygen atoms in total.